The molecule has 5 heteroatoms. The van der Waals surface area contributed by atoms with E-state index in [0.717, 1.165) is 22.4 Å². The van der Waals surface area contributed by atoms with Crippen LogP contribution in [0.5, 0.6) is 11.5 Å². The average molecular weight is 376 g/mol. The standard InChI is InChI=1S/C21H26ClNO3/c1-13(2)16-11-17(14(3)10-20(16)25-5)15(4)23-21(24)12-26-19-9-7-6-8-18(19)22/h6-11,13,15H,12H2,1-5H3,(H,23,24)/t15-/m1/s1. The first-order chi connectivity index (χ1) is 12.3. The first kappa shape index (κ1) is 20.1. The maximum atomic E-state index is 12.3. The molecule has 0 unspecified atom stereocenters. The zero-order chi connectivity index (χ0) is 19.3. The summed E-state index contributed by atoms with van der Waals surface area (Å²) in [7, 11) is 1.68. The minimum absolute atomic E-state index is 0.0830. The van der Waals surface area contributed by atoms with Crippen LogP contribution in [-0.4, -0.2) is 19.6 Å². The van der Waals surface area contributed by atoms with Gasteiger partial charge in [0.15, 0.2) is 6.61 Å². The Bertz CT molecular complexity index is 774. The molecular formula is C21H26ClNO3. The van der Waals surface area contributed by atoms with Crippen molar-refractivity contribution in [3.05, 3.63) is 58.1 Å². The van der Waals surface area contributed by atoms with Gasteiger partial charge in [-0.2, -0.15) is 0 Å². The third kappa shape index (κ3) is 4.92. The number of rotatable bonds is 7. The van der Waals surface area contributed by atoms with Crippen molar-refractivity contribution in [1.29, 1.82) is 0 Å². The van der Waals surface area contributed by atoms with Crippen LogP contribution in [0.25, 0.3) is 0 Å². The fourth-order valence-electron chi connectivity index (χ4n) is 2.88. The van der Waals surface area contributed by atoms with Crippen molar-refractivity contribution in [3.63, 3.8) is 0 Å². The predicted octanol–water partition coefficient (Wildman–Crippen LogP) is 5.04. The second-order valence-electron chi connectivity index (χ2n) is 6.61. The number of benzene rings is 2. The van der Waals surface area contributed by atoms with Crippen molar-refractivity contribution in [2.75, 3.05) is 13.7 Å². The second kappa shape index (κ2) is 8.95. The van der Waals surface area contributed by atoms with E-state index in [-0.39, 0.29) is 18.6 Å². The topological polar surface area (TPSA) is 47.6 Å². The van der Waals surface area contributed by atoms with E-state index in [4.69, 9.17) is 21.1 Å². The quantitative estimate of drug-likeness (QED) is 0.737. The van der Waals surface area contributed by atoms with Crippen molar-refractivity contribution in [2.24, 2.45) is 0 Å². The van der Waals surface area contributed by atoms with Gasteiger partial charge >= 0.3 is 0 Å². The highest BCUT2D eigenvalue weighted by Gasteiger charge is 2.17. The molecule has 26 heavy (non-hydrogen) atoms. The molecule has 0 bridgehead atoms. The summed E-state index contributed by atoms with van der Waals surface area (Å²) in [6.07, 6.45) is 0. The Morgan fingerprint density at radius 2 is 1.81 bits per heavy atom. The molecule has 1 atom stereocenters. The Morgan fingerprint density at radius 3 is 2.42 bits per heavy atom. The number of ether oxygens (including phenoxy) is 2. The van der Waals surface area contributed by atoms with Gasteiger partial charge in [0, 0.05) is 0 Å². The lowest BCUT2D eigenvalue weighted by Gasteiger charge is -2.21. The van der Waals surface area contributed by atoms with E-state index in [1.807, 2.05) is 32.0 Å². The molecule has 2 aromatic rings. The SMILES string of the molecule is COc1cc(C)c([C@@H](C)NC(=O)COc2ccccc2Cl)cc1C(C)C. The van der Waals surface area contributed by atoms with Gasteiger partial charge in [-0.3, -0.25) is 4.79 Å². The second-order valence-corrected chi connectivity index (χ2v) is 7.02. The van der Waals surface area contributed by atoms with Gasteiger partial charge in [0.1, 0.15) is 11.5 Å². The molecule has 0 saturated carbocycles. The number of para-hydroxylation sites is 1. The van der Waals surface area contributed by atoms with Gasteiger partial charge in [-0.25, -0.2) is 0 Å². The molecule has 4 nitrogen and oxygen atoms in total. The van der Waals surface area contributed by atoms with Gasteiger partial charge in [0.2, 0.25) is 0 Å². The molecule has 0 aliphatic rings. The van der Waals surface area contributed by atoms with Crippen molar-refractivity contribution in [1.82, 2.24) is 5.32 Å². The number of hydrogen-bond acceptors (Lipinski definition) is 3. The molecule has 1 N–H and O–H groups in total. The van der Waals surface area contributed by atoms with Gasteiger partial charge in [0.05, 0.1) is 18.2 Å². The van der Waals surface area contributed by atoms with Crippen LogP contribution in [0.3, 0.4) is 0 Å². The van der Waals surface area contributed by atoms with E-state index >= 15 is 0 Å². The third-order valence-electron chi connectivity index (χ3n) is 4.28. The van der Waals surface area contributed by atoms with E-state index in [1.54, 1.807) is 19.2 Å². The molecular weight excluding hydrogens is 350 g/mol. The Balaban J connectivity index is 2.07. The Morgan fingerprint density at radius 1 is 1.12 bits per heavy atom. The highest BCUT2D eigenvalue weighted by molar-refractivity contribution is 6.32. The van der Waals surface area contributed by atoms with Crippen LogP contribution in [0, 0.1) is 6.92 Å². The van der Waals surface area contributed by atoms with Gasteiger partial charge in [0.25, 0.3) is 5.91 Å². The highest BCUT2D eigenvalue weighted by Crippen LogP contribution is 2.32. The molecule has 0 spiro atoms. The summed E-state index contributed by atoms with van der Waals surface area (Å²) in [5.74, 6) is 1.51. The number of hydrogen-bond donors (Lipinski definition) is 1. The summed E-state index contributed by atoms with van der Waals surface area (Å²) >= 11 is 6.04. The first-order valence-electron chi connectivity index (χ1n) is 8.68. The molecule has 0 heterocycles. The molecule has 0 saturated heterocycles. The minimum atomic E-state index is -0.196. The van der Waals surface area contributed by atoms with Crippen molar-refractivity contribution in [3.8, 4) is 11.5 Å². The summed E-state index contributed by atoms with van der Waals surface area (Å²) in [6, 6.07) is 11.1. The Kier molecular flexibility index (Phi) is 6.92. The normalized spacial score (nSPS) is 12.0. The summed E-state index contributed by atoms with van der Waals surface area (Å²) in [5.41, 5.74) is 3.27. The molecule has 140 valence electrons. The number of methoxy groups -OCH3 is 1. The molecule has 2 rings (SSSR count). The van der Waals surface area contributed by atoms with Gasteiger partial charge in [-0.15, -0.1) is 0 Å². The molecule has 1 amide bonds. The van der Waals surface area contributed by atoms with E-state index < -0.39 is 0 Å². The summed E-state index contributed by atoms with van der Waals surface area (Å²) in [5, 5.41) is 3.47. The van der Waals surface area contributed by atoms with Crippen LogP contribution >= 0.6 is 11.6 Å². The van der Waals surface area contributed by atoms with Crippen LogP contribution in [-0.2, 0) is 4.79 Å². The summed E-state index contributed by atoms with van der Waals surface area (Å²) in [4.78, 5) is 12.3. The molecule has 0 fully saturated rings. The van der Waals surface area contributed by atoms with Gasteiger partial charge in [-0.05, 0) is 60.7 Å². The lowest BCUT2D eigenvalue weighted by molar-refractivity contribution is -0.123. The smallest absolute Gasteiger partial charge is 0.258 e. The van der Waals surface area contributed by atoms with Crippen molar-refractivity contribution >= 4 is 17.5 Å². The van der Waals surface area contributed by atoms with Crippen LogP contribution in [0.1, 0.15) is 49.4 Å². The lowest BCUT2D eigenvalue weighted by Crippen LogP contribution is -2.31. The minimum Gasteiger partial charge on any atom is -0.496 e. The zero-order valence-corrected chi connectivity index (χ0v) is 16.7. The third-order valence-corrected chi connectivity index (χ3v) is 4.59. The number of aryl methyl sites for hydroxylation is 1. The van der Waals surface area contributed by atoms with Crippen LogP contribution in [0.2, 0.25) is 5.02 Å². The number of amides is 1. The summed E-state index contributed by atoms with van der Waals surface area (Å²) < 4.78 is 11.0. The molecule has 0 aromatic heterocycles. The molecule has 0 aliphatic carbocycles. The van der Waals surface area contributed by atoms with E-state index in [9.17, 15) is 4.79 Å². The van der Waals surface area contributed by atoms with Crippen LogP contribution in [0.4, 0.5) is 0 Å². The van der Waals surface area contributed by atoms with Crippen LogP contribution < -0.4 is 14.8 Å². The fraction of sp³-hybridized carbons (Fsp3) is 0.381. The van der Waals surface area contributed by atoms with E-state index in [0.29, 0.717) is 16.7 Å². The zero-order valence-electron chi connectivity index (χ0n) is 15.9. The lowest BCUT2D eigenvalue weighted by atomic mass is 9.93. The molecule has 0 aliphatic heterocycles. The maximum absolute atomic E-state index is 12.3. The Hall–Kier alpha value is -2.20. The highest BCUT2D eigenvalue weighted by atomic mass is 35.5. The predicted molar refractivity (Wildman–Crippen MR) is 105 cm³/mol. The van der Waals surface area contributed by atoms with Crippen molar-refractivity contribution in [2.45, 2.75) is 39.7 Å². The number of carbonyl (C=O) groups excluding carboxylic acids is 1. The number of carbonyl (C=O) groups is 1. The van der Waals surface area contributed by atoms with E-state index in [1.165, 1.54) is 0 Å². The molecule has 2 aromatic carbocycles. The number of halogens is 1. The van der Waals surface area contributed by atoms with Gasteiger partial charge < -0.3 is 14.8 Å². The first-order valence-corrected chi connectivity index (χ1v) is 9.06. The average Bonchev–Trinajstić information content (AvgIpc) is 2.60. The fourth-order valence-corrected chi connectivity index (χ4v) is 3.07. The Labute approximate surface area is 160 Å². The summed E-state index contributed by atoms with van der Waals surface area (Å²) in [6.45, 7) is 8.15. The van der Waals surface area contributed by atoms with Crippen LogP contribution in [0.15, 0.2) is 36.4 Å². The largest absolute Gasteiger partial charge is 0.496 e. The molecule has 0 radical (unpaired) electrons. The maximum Gasteiger partial charge on any atom is 0.258 e. The van der Waals surface area contributed by atoms with Crippen molar-refractivity contribution < 1.29 is 14.3 Å². The number of nitrogens with one attached hydrogen (secondary N) is 1. The monoisotopic (exact) mass is 375 g/mol. The van der Waals surface area contributed by atoms with Gasteiger partial charge in [-0.1, -0.05) is 37.6 Å². The van der Waals surface area contributed by atoms with E-state index in [2.05, 4.69) is 25.2 Å².